The molecule has 0 radical (unpaired) electrons. The molecule has 0 saturated carbocycles. The Labute approximate surface area is 151 Å². The van der Waals surface area contributed by atoms with Crippen LogP contribution in [0, 0.1) is 5.82 Å². The van der Waals surface area contributed by atoms with E-state index in [0.29, 0.717) is 0 Å². The first-order valence-electron chi connectivity index (χ1n) is 7.76. The summed E-state index contributed by atoms with van der Waals surface area (Å²) in [6.45, 7) is 1.40. The second-order valence-electron chi connectivity index (χ2n) is 5.44. The van der Waals surface area contributed by atoms with Gasteiger partial charge in [0.2, 0.25) is 11.6 Å². The molecule has 0 aliphatic carbocycles. The Balaban J connectivity index is 2.07. The third-order valence-electron chi connectivity index (χ3n) is 3.43. The number of halogens is 4. The number of carbonyl (C=O) groups excluding carboxylic acids is 2. The number of nitrogens with zero attached hydrogens (tertiary/aromatic N) is 1. The summed E-state index contributed by atoms with van der Waals surface area (Å²) < 4.78 is 53.7. The fraction of sp³-hybridized carbons (Fsp3) is 0.312. The van der Waals surface area contributed by atoms with Crippen LogP contribution in [0.5, 0.6) is 5.75 Å². The molecule has 11 heteroatoms. The largest absolute Gasteiger partial charge is 0.573 e. The number of hydrogen-bond donors (Lipinski definition) is 3. The molecule has 0 aromatic heterocycles. The average molecular weight is 388 g/mol. The van der Waals surface area contributed by atoms with Gasteiger partial charge in [-0.3, -0.25) is 14.6 Å². The van der Waals surface area contributed by atoms with Crippen LogP contribution < -0.4 is 20.7 Å². The van der Waals surface area contributed by atoms with E-state index in [1.54, 1.807) is 6.92 Å². The summed E-state index contributed by atoms with van der Waals surface area (Å²) in [5.41, 5.74) is -1.43. The van der Waals surface area contributed by atoms with Crippen LogP contribution in [0.2, 0.25) is 0 Å². The van der Waals surface area contributed by atoms with Gasteiger partial charge in [0.15, 0.2) is 11.6 Å². The van der Waals surface area contributed by atoms with Gasteiger partial charge in [0.05, 0.1) is 6.21 Å². The number of amides is 2. The van der Waals surface area contributed by atoms with Crippen molar-refractivity contribution in [2.24, 2.45) is 4.99 Å². The van der Waals surface area contributed by atoms with Crippen LogP contribution in [0.15, 0.2) is 35.6 Å². The maximum absolute atomic E-state index is 13.7. The average Bonchev–Trinajstić information content (AvgIpc) is 2.61. The molecule has 1 heterocycles. The molecule has 1 aromatic carbocycles. The van der Waals surface area contributed by atoms with Crippen molar-refractivity contribution in [2.75, 3.05) is 0 Å². The first-order valence-corrected chi connectivity index (χ1v) is 7.76. The molecule has 0 fully saturated rings. The molecule has 1 aromatic rings. The normalized spacial score (nSPS) is 18.6. The molecule has 3 N–H and O–H groups in total. The zero-order valence-electron chi connectivity index (χ0n) is 14.1. The van der Waals surface area contributed by atoms with Crippen LogP contribution >= 0.6 is 0 Å². The van der Waals surface area contributed by atoms with E-state index in [9.17, 15) is 27.2 Å². The van der Waals surface area contributed by atoms with Gasteiger partial charge < -0.3 is 20.7 Å². The van der Waals surface area contributed by atoms with Crippen LogP contribution in [-0.4, -0.2) is 30.1 Å². The maximum atomic E-state index is 13.7. The second kappa shape index (κ2) is 8.06. The van der Waals surface area contributed by atoms with E-state index in [0.717, 1.165) is 12.1 Å². The summed E-state index contributed by atoms with van der Waals surface area (Å²) in [6, 6.07) is 2.78. The van der Waals surface area contributed by atoms with Crippen molar-refractivity contribution in [1.29, 1.82) is 0 Å². The third-order valence-corrected chi connectivity index (χ3v) is 3.43. The van der Waals surface area contributed by atoms with Gasteiger partial charge >= 0.3 is 6.36 Å². The molecule has 2 rings (SSSR count). The van der Waals surface area contributed by atoms with Crippen molar-refractivity contribution in [3.05, 3.63) is 42.0 Å². The minimum absolute atomic E-state index is 0.125. The molecule has 0 saturated heterocycles. The highest BCUT2D eigenvalue weighted by Gasteiger charge is 2.38. The molecular formula is C16H16F4N4O3. The monoisotopic (exact) mass is 388 g/mol. The Bertz CT molecular complexity index is 779. The van der Waals surface area contributed by atoms with Crippen molar-refractivity contribution in [2.45, 2.75) is 31.9 Å². The van der Waals surface area contributed by atoms with Gasteiger partial charge in [-0.15, -0.1) is 13.2 Å². The summed E-state index contributed by atoms with van der Waals surface area (Å²) in [6.07, 6.45) is -0.965. The standard InChI is InChI=1S/C16H16F4N4O3/c1-2-13(25)24-15(9-21-5-6-23-15)14(26)22-8-10-3-4-12(11(17)7-10)27-16(18,19)20/h3-7,9,23H,2,8H2,1H3,(H,22,26)(H,24,25). The van der Waals surface area contributed by atoms with Gasteiger partial charge in [-0.05, 0) is 17.7 Å². The number of hydrogen-bond acceptors (Lipinski definition) is 5. The van der Waals surface area contributed by atoms with E-state index in [4.69, 9.17) is 0 Å². The molecule has 146 valence electrons. The molecular weight excluding hydrogens is 372 g/mol. The molecule has 1 aliphatic rings. The molecule has 7 nitrogen and oxygen atoms in total. The van der Waals surface area contributed by atoms with Gasteiger partial charge in [0.1, 0.15) is 0 Å². The predicted octanol–water partition coefficient (Wildman–Crippen LogP) is 1.71. The number of alkyl halides is 3. The Morgan fingerprint density at radius 2 is 2.07 bits per heavy atom. The van der Waals surface area contributed by atoms with Crippen LogP contribution in [0.25, 0.3) is 0 Å². The van der Waals surface area contributed by atoms with Gasteiger partial charge in [-0.25, -0.2) is 4.39 Å². The minimum Gasteiger partial charge on any atom is -0.403 e. The molecule has 27 heavy (non-hydrogen) atoms. The summed E-state index contributed by atoms with van der Waals surface area (Å²) in [5, 5.41) is 7.63. The Morgan fingerprint density at radius 1 is 1.33 bits per heavy atom. The number of aliphatic imine (C=N–C) groups is 1. The Kier molecular flexibility index (Phi) is 6.03. The SMILES string of the molecule is CCC(=O)NC1(C(=O)NCc2ccc(OC(F)(F)F)c(F)c2)C=NC=CN1. The van der Waals surface area contributed by atoms with Gasteiger partial charge in [0.25, 0.3) is 5.91 Å². The van der Waals surface area contributed by atoms with E-state index < -0.39 is 35.4 Å². The maximum Gasteiger partial charge on any atom is 0.573 e. The van der Waals surface area contributed by atoms with E-state index in [-0.39, 0.29) is 18.5 Å². The number of nitrogens with one attached hydrogen (secondary N) is 3. The van der Waals surface area contributed by atoms with Gasteiger partial charge in [0, 0.05) is 25.4 Å². The van der Waals surface area contributed by atoms with Crippen molar-refractivity contribution >= 4 is 18.0 Å². The van der Waals surface area contributed by atoms with Gasteiger partial charge in [-0.2, -0.15) is 0 Å². The number of benzene rings is 1. The predicted molar refractivity (Wildman–Crippen MR) is 86.9 cm³/mol. The highest BCUT2D eigenvalue weighted by Crippen LogP contribution is 2.26. The highest BCUT2D eigenvalue weighted by atomic mass is 19.4. The van der Waals surface area contributed by atoms with Crippen LogP contribution in [0.3, 0.4) is 0 Å². The lowest BCUT2D eigenvalue weighted by atomic mass is 10.1. The number of carbonyl (C=O) groups is 2. The lowest BCUT2D eigenvalue weighted by Gasteiger charge is -2.31. The van der Waals surface area contributed by atoms with Crippen molar-refractivity contribution in [3.8, 4) is 5.75 Å². The van der Waals surface area contributed by atoms with Crippen LogP contribution in [0.1, 0.15) is 18.9 Å². The molecule has 0 bridgehead atoms. The third kappa shape index (κ3) is 5.43. The first-order chi connectivity index (χ1) is 12.6. The van der Waals surface area contributed by atoms with Gasteiger partial charge in [-0.1, -0.05) is 13.0 Å². The van der Waals surface area contributed by atoms with E-state index in [1.807, 2.05) is 0 Å². The summed E-state index contributed by atoms with van der Waals surface area (Å²) in [7, 11) is 0. The second-order valence-corrected chi connectivity index (χ2v) is 5.44. The number of ether oxygens (including phenoxy) is 1. The van der Waals surface area contributed by atoms with Crippen LogP contribution in [-0.2, 0) is 16.1 Å². The zero-order chi connectivity index (χ0) is 20.1. The lowest BCUT2D eigenvalue weighted by Crippen LogP contribution is -2.67. The van der Waals surface area contributed by atoms with Crippen LogP contribution in [0.4, 0.5) is 17.6 Å². The first kappa shape index (κ1) is 20.2. The quantitative estimate of drug-likeness (QED) is 0.647. The Morgan fingerprint density at radius 3 is 2.63 bits per heavy atom. The number of rotatable bonds is 6. The zero-order valence-corrected chi connectivity index (χ0v) is 14.1. The molecule has 1 unspecified atom stereocenters. The molecule has 1 atom stereocenters. The van der Waals surface area contributed by atoms with E-state index in [1.165, 1.54) is 24.7 Å². The molecule has 2 amide bonds. The summed E-state index contributed by atoms with van der Waals surface area (Å²) >= 11 is 0. The lowest BCUT2D eigenvalue weighted by molar-refractivity contribution is -0.275. The van der Waals surface area contributed by atoms with Crippen molar-refractivity contribution in [1.82, 2.24) is 16.0 Å². The van der Waals surface area contributed by atoms with Crippen molar-refractivity contribution in [3.63, 3.8) is 0 Å². The van der Waals surface area contributed by atoms with E-state index in [2.05, 4.69) is 25.7 Å². The molecule has 0 spiro atoms. The fourth-order valence-electron chi connectivity index (χ4n) is 2.14. The molecule has 1 aliphatic heterocycles. The summed E-state index contributed by atoms with van der Waals surface area (Å²) in [4.78, 5) is 28.0. The minimum atomic E-state index is -5.01. The summed E-state index contributed by atoms with van der Waals surface area (Å²) in [5.74, 6) is -3.31. The highest BCUT2D eigenvalue weighted by molar-refractivity contribution is 6.06. The Hall–Kier alpha value is -3.11. The van der Waals surface area contributed by atoms with E-state index >= 15 is 0 Å². The topological polar surface area (TPSA) is 91.8 Å². The fourth-order valence-corrected chi connectivity index (χ4v) is 2.14. The van der Waals surface area contributed by atoms with Crippen molar-refractivity contribution < 1.29 is 31.9 Å². The smallest absolute Gasteiger partial charge is 0.403 e.